The molecule has 0 atom stereocenters. The molecule has 0 fully saturated rings. The summed E-state index contributed by atoms with van der Waals surface area (Å²) < 4.78 is 17.2. The molecule has 3 aromatic rings. The van der Waals surface area contributed by atoms with Crippen molar-refractivity contribution in [3.05, 3.63) is 64.3 Å². The molecule has 146 valence electrons. The standard InChI is InChI=1S/C19H18ClN3O5/c1-11-16(17(19(25)26-3)23(2)22-11)21-18(24)15-9-8-14(28-15)10-27-13-6-4-12(20)5-7-13/h4-9H,10H2,1-3H3,(H,21,24). The van der Waals surface area contributed by atoms with Gasteiger partial charge in [0.25, 0.3) is 5.91 Å². The second kappa shape index (κ2) is 8.18. The maximum Gasteiger partial charge on any atom is 0.358 e. The van der Waals surface area contributed by atoms with Gasteiger partial charge in [-0.15, -0.1) is 0 Å². The Bertz CT molecular complexity index is 1010. The molecule has 0 spiro atoms. The van der Waals surface area contributed by atoms with Crippen LogP contribution in [-0.2, 0) is 18.4 Å². The molecule has 8 nitrogen and oxygen atoms in total. The largest absolute Gasteiger partial charge is 0.486 e. The van der Waals surface area contributed by atoms with E-state index < -0.39 is 11.9 Å². The molecule has 2 aromatic heterocycles. The van der Waals surface area contributed by atoms with Crippen LogP contribution in [0.4, 0.5) is 5.69 Å². The van der Waals surface area contributed by atoms with E-state index in [9.17, 15) is 9.59 Å². The summed E-state index contributed by atoms with van der Waals surface area (Å²) in [6, 6.07) is 10.1. The van der Waals surface area contributed by atoms with Crippen LogP contribution >= 0.6 is 11.6 Å². The lowest BCUT2D eigenvalue weighted by Gasteiger charge is -2.06. The van der Waals surface area contributed by atoms with E-state index in [-0.39, 0.29) is 23.7 Å². The number of aryl methyl sites for hydroxylation is 2. The number of aromatic nitrogens is 2. The fraction of sp³-hybridized carbons (Fsp3) is 0.211. The number of nitrogens with one attached hydrogen (secondary N) is 1. The topological polar surface area (TPSA) is 95.6 Å². The highest BCUT2D eigenvalue weighted by Gasteiger charge is 2.23. The maximum atomic E-state index is 12.5. The Hall–Kier alpha value is -3.26. The van der Waals surface area contributed by atoms with Crippen LogP contribution in [0.15, 0.2) is 40.8 Å². The van der Waals surface area contributed by atoms with E-state index >= 15 is 0 Å². The smallest absolute Gasteiger partial charge is 0.358 e. The zero-order valence-corrected chi connectivity index (χ0v) is 16.2. The number of esters is 1. The molecule has 0 radical (unpaired) electrons. The number of anilines is 1. The number of methoxy groups -OCH3 is 1. The molecule has 0 aliphatic heterocycles. The Balaban J connectivity index is 1.69. The van der Waals surface area contributed by atoms with E-state index in [0.717, 1.165) is 0 Å². The monoisotopic (exact) mass is 403 g/mol. The molecule has 0 aliphatic carbocycles. The van der Waals surface area contributed by atoms with Gasteiger partial charge in [0.2, 0.25) is 0 Å². The molecule has 0 saturated carbocycles. The predicted octanol–water partition coefficient (Wildman–Crippen LogP) is 3.59. The number of benzene rings is 1. The van der Waals surface area contributed by atoms with E-state index in [1.807, 2.05) is 0 Å². The number of rotatable bonds is 6. The first-order valence-electron chi connectivity index (χ1n) is 8.29. The van der Waals surface area contributed by atoms with Crippen LogP contribution < -0.4 is 10.1 Å². The molecule has 3 rings (SSSR count). The Morgan fingerprint density at radius 3 is 2.61 bits per heavy atom. The molecular weight excluding hydrogens is 386 g/mol. The van der Waals surface area contributed by atoms with Crippen LogP contribution in [0.25, 0.3) is 0 Å². The first-order valence-corrected chi connectivity index (χ1v) is 8.67. The summed E-state index contributed by atoms with van der Waals surface area (Å²) in [5.74, 6) is 0.0550. The Morgan fingerprint density at radius 1 is 1.21 bits per heavy atom. The van der Waals surface area contributed by atoms with Crippen LogP contribution in [-0.4, -0.2) is 28.8 Å². The molecule has 0 aliphatic rings. The van der Waals surface area contributed by atoms with Gasteiger partial charge in [-0.3, -0.25) is 9.48 Å². The van der Waals surface area contributed by atoms with Gasteiger partial charge >= 0.3 is 5.97 Å². The summed E-state index contributed by atoms with van der Waals surface area (Å²) in [5, 5.41) is 7.41. The minimum atomic E-state index is -0.602. The first-order chi connectivity index (χ1) is 13.4. The average molecular weight is 404 g/mol. The lowest BCUT2D eigenvalue weighted by molar-refractivity contribution is 0.0589. The summed E-state index contributed by atoms with van der Waals surface area (Å²) in [4.78, 5) is 24.5. The zero-order chi connectivity index (χ0) is 20.3. The first kappa shape index (κ1) is 19.5. The van der Waals surface area contributed by atoms with Crippen molar-refractivity contribution in [1.29, 1.82) is 0 Å². The van der Waals surface area contributed by atoms with Crippen LogP contribution in [0.3, 0.4) is 0 Å². The van der Waals surface area contributed by atoms with Crippen molar-refractivity contribution in [1.82, 2.24) is 9.78 Å². The number of hydrogen-bond donors (Lipinski definition) is 1. The van der Waals surface area contributed by atoms with Crippen molar-refractivity contribution in [3.63, 3.8) is 0 Å². The van der Waals surface area contributed by atoms with Crippen LogP contribution in [0.2, 0.25) is 5.02 Å². The van der Waals surface area contributed by atoms with Gasteiger partial charge in [0.05, 0.1) is 18.5 Å². The van der Waals surface area contributed by atoms with Gasteiger partial charge < -0.3 is 19.2 Å². The van der Waals surface area contributed by atoms with E-state index in [2.05, 4.69) is 10.4 Å². The Labute approximate surface area is 166 Å². The highest BCUT2D eigenvalue weighted by molar-refractivity contribution is 6.30. The highest BCUT2D eigenvalue weighted by atomic mass is 35.5. The van der Waals surface area contributed by atoms with Crippen molar-refractivity contribution in [2.75, 3.05) is 12.4 Å². The molecule has 0 saturated heterocycles. The van der Waals surface area contributed by atoms with Crippen LogP contribution in [0.1, 0.15) is 32.5 Å². The number of furan rings is 1. The minimum absolute atomic E-state index is 0.0776. The van der Waals surface area contributed by atoms with E-state index in [4.69, 9.17) is 25.5 Å². The highest BCUT2D eigenvalue weighted by Crippen LogP contribution is 2.22. The summed E-state index contributed by atoms with van der Waals surface area (Å²) in [6.45, 7) is 1.82. The summed E-state index contributed by atoms with van der Waals surface area (Å²) in [6.07, 6.45) is 0. The summed E-state index contributed by atoms with van der Waals surface area (Å²) in [7, 11) is 2.85. The van der Waals surface area contributed by atoms with Gasteiger partial charge in [0, 0.05) is 12.1 Å². The predicted molar refractivity (Wildman–Crippen MR) is 102 cm³/mol. The molecule has 9 heteroatoms. The molecule has 1 aromatic carbocycles. The van der Waals surface area contributed by atoms with Gasteiger partial charge in [-0.05, 0) is 43.3 Å². The number of hydrogen-bond acceptors (Lipinski definition) is 6. The number of amides is 1. The van der Waals surface area contributed by atoms with Crippen molar-refractivity contribution in [2.45, 2.75) is 13.5 Å². The summed E-state index contributed by atoms with van der Waals surface area (Å²) in [5.41, 5.74) is 0.898. The lowest BCUT2D eigenvalue weighted by Crippen LogP contribution is -2.16. The van der Waals surface area contributed by atoms with Gasteiger partial charge in [0.1, 0.15) is 18.1 Å². The van der Waals surface area contributed by atoms with Crippen molar-refractivity contribution >= 4 is 29.2 Å². The number of carbonyl (C=O) groups is 2. The minimum Gasteiger partial charge on any atom is -0.486 e. The molecule has 28 heavy (non-hydrogen) atoms. The van der Waals surface area contributed by atoms with Gasteiger partial charge in [-0.25, -0.2) is 4.79 Å². The number of nitrogens with zero attached hydrogens (tertiary/aromatic N) is 2. The second-order valence-electron chi connectivity index (χ2n) is 5.89. The Morgan fingerprint density at radius 2 is 1.93 bits per heavy atom. The third-order valence-electron chi connectivity index (χ3n) is 3.92. The number of carbonyl (C=O) groups excluding carboxylic acids is 2. The van der Waals surface area contributed by atoms with E-state index in [0.29, 0.717) is 22.2 Å². The van der Waals surface area contributed by atoms with Gasteiger partial charge in [0.15, 0.2) is 11.5 Å². The molecule has 0 bridgehead atoms. The van der Waals surface area contributed by atoms with Crippen molar-refractivity contribution < 1.29 is 23.5 Å². The van der Waals surface area contributed by atoms with E-state index in [1.165, 1.54) is 17.9 Å². The molecule has 1 amide bonds. The van der Waals surface area contributed by atoms with Crippen molar-refractivity contribution in [3.8, 4) is 5.75 Å². The van der Waals surface area contributed by atoms with E-state index in [1.54, 1.807) is 44.3 Å². The maximum absolute atomic E-state index is 12.5. The fourth-order valence-electron chi connectivity index (χ4n) is 2.58. The zero-order valence-electron chi connectivity index (χ0n) is 15.5. The van der Waals surface area contributed by atoms with Crippen LogP contribution in [0.5, 0.6) is 5.75 Å². The van der Waals surface area contributed by atoms with Gasteiger partial charge in [-0.1, -0.05) is 11.6 Å². The molecule has 1 N–H and O–H groups in total. The quantitative estimate of drug-likeness (QED) is 0.632. The Kier molecular flexibility index (Phi) is 5.70. The fourth-order valence-corrected chi connectivity index (χ4v) is 2.70. The van der Waals surface area contributed by atoms with Gasteiger partial charge in [-0.2, -0.15) is 5.10 Å². The second-order valence-corrected chi connectivity index (χ2v) is 6.32. The van der Waals surface area contributed by atoms with Crippen molar-refractivity contribution in [2.24, 2.45) is 7.05 Å². The normalized spacial score (nSPS) is 10.6. The summed E-state index contributed by atoms with van der Waals surface area (Å²) >= 11 is 5.83. The lowest BCUT2D eigenvalue weighted by atomic mass is 10.3. The third kappa shape index (κ3) is 4.17. The number of ether oxygens (including phenoxy) is 2. The number of halogens is 1. The third-order valence-corrected chi connectivity index (χ3v) is 4.17. The average Bonchev–Trinajstić information content (AvgIpc) is 3.25. The molecule has 2 heterocycles. The SMILES string of the molecule is COC(=O)c1c(NC(=O)c2ccc(COc3ccc(Cl)cc3)o2)c(C)nn1C. The molecule has 0 unspecified atom stereocenters. The molecular formula is C19H18ClN3O5. The van der Waals surface area contributed by atoms with Crippen LogP contribution in [0, 0.1) is 6.92 Å².